The summed E-state index contributed by atoms with van der Waals surface area (Å²) >= 11 is 0. The van der Waals surface area contributed by atoms with Crippen molar-refractivity contribution >= 4 is 17.6 Å². The smallest absolute Gasteiger partial charge is 0.410 e. The minimum atomic E-state index is -4.47. The van der Waals surface area contributed by atoms with E-state index in [0.29, 0.717) is 29.7 Å². The van der Waals surface area contributed by atoms with E-state index in [9.17, 15) is 22.8 Å². The molecule has 7 rings (SSSR count). The van der Waals surface area contributed by atoms with Gasteiger partial charge in [0.15, 0.2) is 0 Å². The molecule has 2 aliphatic heterocycles. The highest BCUT2D eigenvalue weighted by molar-refractivity contribution is 6.00. The fraction of sp³-hybridized carbons (Fsp3) is 0.545. The molecule has 4 heterocycles. The largest absolute Gasteiger partial charge is 0.496 e. The van der Waals surface area contributed by atoms with Crippen molar-refractivity contribution in [3.8, 4) is 17.0 Å². The van der Waals surface area contributed by atoms with Crippen LogP contribution in [0.3, 0.4) is 0 Å². The summed E-state index contributed by atoms with van der Waals surface area (Å²) in [5.41, 5.74) is 4.15. The average molecular weight is 611 g/mol. The number of ether oxygens (including phenoxy) is 2. The predicted octanol–water partition coefficient (Wildman–Crippen LogP) is 6.11. The molecule has 3 fully saturated rings. The summed E-state index contributed by atoms with van der Waals surface area (Å²) < 4.78 is 52.4. The first-order chi connectivity index (χ1) is 20.7. The molecule has 1 saturated heterocycles. The molecule has 2 aromatic heterocycles. The lowest BCUT2D eigenvalue weighted by atomic mass is 9.52. The van der Waals surface area contributed by atoms with Gasteiger partial charge in [-0.05, 0) is 105 Å². The number of amides is 2. The van der Waals surface area contributed by atoms with Gasteiger partial charge in [-0.25, -0.2) is 9.78 Å². The molecule has 3 aromatic rings. The van der Waals surface area contributed by atoms with Crippen LogP contribution in [0.15, 0.2) is 36.7 Å². The second kappa shape index (κ2) is 9.87. The maximum atomic E-state index is 13.0. The van der Waals surface area contributed by atoms with Crippen LogP contribution in [0.2, 0.25) is 0 Å². The van der Waals surface area contributed by atoms with Gasteiger partial charge in [-0.15, -0.1) is 0 Å². The van der Waals surface area contributed by atoms with Gasteiger partial charge >= 0.3 is 12.3 Å². The summed E-state index contributed by atoms with van der Waals surface area (Å²) in [5.74, 6) is 1.01. The number of aromatic nitrogens is 2. The maximum absolute atomic E-state index is 13.0. The van der Waals surface area contributed by atoms with Crippen molar-refractivity contribution < 1.29 is 32.2 Å². The molecule has 0 spiro atoms. The first-order valence-electron chi connectivity index (χ1n) is 15.3. The van der Waals surface area contributed by atoms with Crippen LogP contribution in [0, 0.1) is 17.8 Å². The Balaban J connectivity index is 1.14. The highest BCUT2D eigenvalue weighted by atomic mass is 19.4. The van der Waals surface area contributed by atoms with Crippen LogP contribution in [0.25, 0.3) is 16.9 Å². The average Bonchev–Trinajstić information content (AvgIpc) is 3.42. The van der Waals surface area contributed by atoms with E-state index in [2.05, 4.69) is 12.1 Å². The van der Waals surface area contributed by atoms with Crippen molar-refractivity contribution in [3.05, 3.63) is 53.3 Å². The minimum absolute atomic E-state index is 0.00473. The number of hydrogen-bond donors (Lipinski definition) is 0. The Hall–Kier alpha value is -3.76. The third-order valence-electron chi connectivity index (χ3n) is 10.0. The van der Waals surface area contributed by atoms with Crippen molar-refractivity contribution in [3.63, 3.8) is 0 Å². The van der Waals surface area contributed by atoms with Crippen LogP contribution >= 0.6 is 0 Å². The minimum Gasteiger partial charge on any atom is -0.496 e. The molecule has 2 amide bonds. The van der Waals surface area contributed by atoms with Crippen LogP contribution < -0.4 is 4.74 Å². The van der Waals surface area contributed by atoms with E-state index >= 15 is 0 Å². The molecule has 2 saturated carbocycles. The molecule has 44 heavy (non-hydrogen) atoms. The van der Waals surface area contributed by atoms with Crippen LogP contribution in [0.1, 0.15) is 61.5 Å². The van der Waals surface area contributed by atoms with E-state index in [4.69, 9.17) is 14.5 Å². The number of likely N-dealkylation sites (tertiary alicyclic amines) is 1. The summed E-state index contributed by atoms with van der Waals surface area (Å²) in [6.45, 7) is 5.89. The molecule has 2 aliphatic carbocycles. The third kappa shape index (κ3) is 4.79. The summed E-state index contributed by atoms with van der Waals surface area (Å²) in [6.07, 6.45) is 2.65. The van der Waals surface area contributed by atoms with E-state index in [1.165, 1.54) is 12.7 Å². The van der Waals surface area contributed by atoms with Gasteiger partial charge in [-0.2, -0.15) is 13.2 Å². The Labute approximate surface area is 254 Å². The Morgan fingerprint density at radius 2 is 1.93 bits per heavy atom. The van der Waals surface area contributed by atoms with Gasteiger partial charge in [0.05, 0.1) is 24.6 Å². The first kappa shape index (κ1) is 29.0. The monoisotopic (exact) mass is 610 g/mol. The number of halogens is 3. The van der Waals surface area contributed by atoms with Gasteiger partial charge in [0.2, 0.25) is 0 Å². The lowest BCUT2D eigenvalue weighted by molar-refractivity contribution is -0.141. The van der Waals surface area contributed by atoms with Gasteiger partial charge in [0, 0.05) is 31.4 Å². The molecule has 0 radical (unpaired) electrons. The lowest BCUT2D eigenvalue weighted by Gasteiger charge is -2.54. The summed E-state index contributed by atoms with van der Waals surface area (Å²) in [7, 11) is 1.42. The molecule has 234 valence electrons. The predicted molar refractivity (Wildman–Crippen MR) is 157 cm³/mol. The Bertz CT molecular complexity index is 1640. The SMILES string of the molecule is COc1cc(-c2cnc3cc(C45CC6CC4C(CN(C(=O)OC(C)(C)C)C6)C5)ccn23)cc2c1C(=O)N(CC(F)(F)F)CC2. The molecular formula is C33H37F3N4O4. The maximum Gasteiger partial charge on any atom is 0.410 e. The van der Waals surface area contributed by atoms with Crippen LogP contribution in [-0.2, 0) is 16.6 Å². The highest BCUT2D eigenvalue weighted by Gasteiger charge is 2.62. The fourth-order valence-corrected chi connectivity index (χ4v) is 8.40. The molecule has 2 bridgehead atoms. The number of nitrogens with zero attached hydrogens (tertiary/aromatic N) is 4. The second-order valence-electron chi connectivity index (χ2n) is 14.0. The quantitative estimate of drug-likeness (QED) is 0.357. The topological polar surface area (TPSA) is 76.4 Å². The van der Waals surface area contributed by atoms with Crippen molar-refractivity contribution in [1.29, 1.82) is 0 Å². The third-order valence-corrected chi connectivity index (χ3v) is 10.0. The van der Waals surface area contributed by atoms with E-state index in [0.717, 1.165) is 54.2 Å². The zero-order valence-electron chi connectivity index (χ0n) is 25.4. The van der Waals surface area contributed by atoms with E-state index in [1.807, 2.05) is 42.3 Å². The molecule has 4 unspecified atom stereocenters. The number of fused-ring (bicyclic) bond motifs is 3. The molecule has 4 aliphatic rings. The number of carbonyl (C=O) groups excluding carboxylic acids is 2. The van der Waals surface area contributed by atoms with E-state index < -0.39 is 24.2 Å². The Kier molecular flexibility index (Phi) is 6.50. The Morgan fingerprint density at radius 3 is 2.66 bits per heavy atom. The zero-order chi connectivity index (χ0) is 31.2. The summed E-state index contributed by atoms with van der Waals surface area (Å²) in [5, 5.41) is 0. The molecule has 4 atom stereocenters. The van der Waals surface area contributed by atoms with Gasteiger partial charge in [0.25, 0.3) is 5.91 Å². The molecule has 8 nitrogen and oxygen atoms in total. The van der Waals surface area contributed by atoms with E-state index in [-0.39, 0.29) is 29.4 Å². The van der Waals surface area contributed by atoms with Gasteiger partial charge < -0.3 is 19.3 Å². The lowest BCUT2D eigenvalue weighted by Crippen LogP contribution is -2.54. The number of rotatable bonds is 4. The van der Waals surface area contributed by atoms with E-state index in [1.54, 1.807) is 12.3 Å². The molecule has 0 N–H and O–H groups in total. The highest BCUT2D eigenvalue weighted by Crippen LogP contribution is 2.65. The zero-order valence-corrected chi connectivity index (χ0v) is 25.4. The molecular weight excluding hydrogens is 573 g/mol. The fourth-order valence-electron chi connectivity index (χ4n) is 8.40. The van der Waals surface area contributed by atoms with Gasteiger partial charge in [-0.1, -0.05) is 0 Å². The number of pyridine rings is 1. The normalized spacial score (nSPS) is 26.3. The number of methoxy groups -OCH3 is 1. The number of imidazole rings is 1. The number of hydrogen-bond acceptors (Lipinski definition) is 5. The van der Waals surface area contributed by atoms with Crippen molar-refractivity contribution in [2.24, 2.45) is 17.8 Å². The standard InChI is InChI=1S/C33H37F3N4O4/c1-31(2,3)44-30(42)39-16-19-9-24-22(17-39)14-32(24,13-19)23-6-8-40-25(15-37-27(40)12-23)21-10-20-5-7-38(18-33(34,35)36)29(41)28(20)26(11-21)43-4/h6,8,10-12,15,19,22,24H,5,7,9,13-14,16-18H2,1-4H3. The van der Waals surface area contributed by atoms with Crippen molar-refractivity contribution in [2.75, 3.05) is 33.3 Å². The van der Waals surface area contributed by atoms with Crippen LogP contribution in [0.5, 0.6) is 5.75 Å². The molecule has 1 aromatic carbocycles. The second-order valence-corrected chi connectivity index (χ2v) is 14.0. The van der Waals surface area contributed by atoms with Gasteiger partial charge in [0.1, 0.15) is 23.5 Å². The summed E-state index contributed by atoms with van der Waals surface area (Å²) in [4.78, 5) is 33.3. The van der Waals surface area contributed by atoms with Crippen molar-refractivity contribution in [1.82, 2.24) is 19.2 Å². The van der Waals surface area contributed by atoms with Crippen molar-refractivity contribution in [2.45, 2.75) is 63.6 Å². The van der Waals surface area contributed by atoms with Gasteiger partial charge in [-0.3, -0.25) is 9.20 Å². The van der Waals surface area contributed by atoms with Crippen LogP contribution in [-0.4, -0.2) is 76.3 Å². The number of carbonyl (C=O) groups is 2. The number of benzene rings is 1. The first-order valence-corrected chi connectivity index (χ1v) is 15.3. The number of alkyl halides is 3. The summed E-state index contributed by atoms with van der Waals surface area (Å²) in [6, 6.07) is 7.94. The van der Waals surface area contributed by atoms with Crippen LogP contribution in [0.4, 0.5) is 18.0 Å². The Morgan fingerprint density at radius 1 is 1.14 bits per heavy atom. The molecule has 11 heteroatoms.